The van der Waals surface area contributed by atoms with E-state index in [2.05, 4.69) is 20.7 Å². The van der Waals surface area contributed by atoms with Crippen LogP contribution in [0.4, 0.5) is 0 Å². The largest absolute Gasteiger partial charge is 0.495 e. The first-order valence-corrected chi connectivity index (χ1v) is 10.7. The highest BCUT2D eigenvalue weighted by Gasteiger charge is 2.26. The summed E-state index contributed by atoms with van der Waals surface area (Å²) >= 11 is 3.33. The van der Waals surface area contributed by atoms with Crippen LogP contribution in [0, 0.1) is 6.92 Å². The Morgan fingerprint density at radius 2 is 1.56 bits per heavy atom. The summed E-state index contributed by atoms with van der Waals surface area (Å²) in [6, 6.07) is 21.7. The smallest absolute Gasteiger partial charge is 0.245 e. The fourth-order valence-electron chi connectivity index (χ4n) is 2.81. The number of rotatable bonds is 6. The fourth-order valence-corrected chi connectivity index (χ4v) is 4.73. The minimum atomic E-state index is -3.84. The van der Waals surface area contributed by atoms with Gasteiger partial charge >= 0.3 is 0 Å². The number of aryl methyl sites for hydroxylation is 1. The molecule has 0 saturated carbocycles. The Morgan fingerprint density at radius 3 is 2.19 bits per heavy atom. The molecule has 0 bridgehead atoms. The molecule has 0 amide bonds. The molecule has 0 aliphatic heterocycles. The molecule has 0 radical (unpaired) electrons. The maximum Gasteiger partial charge on any atom is 0.245 e. The van der Waals surface area contributed by atoms with Gasteiger partial charge < -0.3 is 4.74 Å². The number of hydrogen-bond acceptors (Lipinski definition) is 3. The predicted molar refractivity (Wildman–Crippen MR) is 110 cm³/mol. The molecule has 0 aromatic heterocycles. The Kier molecular flexibility index (Phi) is 5.99. The van der Waals surface area contributed by atoms with Gasteiger partial charge in [-0.15, -0.1) is 0 Å². The molecule has 4 nitrogen and oxygen atoms in total. The van der Waals surface area contributed by atoms with Gasteiger partial charge in [0, 0.05) is 4.47 Å². The molecular weight excluding hydrogens is 426 g/mol. The summed E-state index contributed by atoms with van der Waals surface area (Å²) in [5, 5.41) is 0. The van der Waals surface area contributed by atoms with Crippen molar-refractivity contribution in [3.63, 3.8) is 0 Å². The van der Waals surface area contributed by atoms with Crippen LogP contribution in [0.15, 0.2) is 82.2 Å². The zero-order valence-corrected chi connectivity index (χ0v) is 17.4. The van der Waals surface area contributed by atoms with Gasteiger partial charge in [-0.25, -0.2) is 8.42 Å². The van der Waals surface area contributed by atoms with Crippen molar-refractivity contribution in [1.82, 2.24) is 4.72 Å². The van der Waals surface area contributed by atoms with Crippen LogP contribution in [-0.2, 0) is 10.0 Å². The molecule has 1 atom stereocenters. The number of hydrogen-bond donors (Lipinski definition) is 1. The van der Waals surface area contributed by atoms with Gasteiger partial charge in [0.25, 0.3) is 0 Å². The molecule has 3 rings (SSSR count). The minimum Gasteiger partial charge on any atom is -0.495 e. The van der Waals surface area contributed by atoms with E-state index in [9.17, 15) is 8.42 Å². The zero-order chi connectivity index (χ0) is 19.4. The first-order valence-electron chi connectivity index (χ1n) is 8.38. The van der Waals surface area contributed by atoms with E-state index in [0.717, 1.165) is 16.7 Å². The third-order valence-corrected chi connectivity index (χ3v) is 6.17. The molecule has 1 unspecified atom stereocenters. The molecule has 3 aromatic rings. The normalized spacial score (nSPS) is 12.6. The van der Waals surface area contributed by atoms with Crippen LogP contribution in [0.5, 0.6) is 5.75 Å². The number of ether oxygens (including phenoxy) is 1. The van der Waals surface area contributed by atoms with Crippen molar-refractivity contribution in [2.75, 3.05) is 7.11 Å². The molecule has 0 saturated heterocycles. The van der Waals surface area contributed by atoms with Crippen molar-refractivity contribution < 1.29 is 13.2 Å². The monoisotopic (exact) mass is 445 g/mol. The topological polar surface area (TPSA) is 55.4 Å². The lowest BCUT2D eigenvalue weighted by Crippen LogP contribution is -2.29. The van der Waals surface area contributed by atoms with Crippen LogP contribution in [0.3, 0.4) is 0 Å². The molecule has 27 heavy (non-hydrogen) atoms. The fraction of sp³-hybridized carbons (Fsp3) is 0.143. The van der Waals surface area contributed by atoms with Crippen molar-refractivity contribution in [2.45, 2.75) is 17.9 Å². The molecule has 3 aromatic carbocycles. The van der Waals surface area contributed by atoms with Crippen LogP contribution in [-0.4, -0.2) is 15.5 Å². The van der Waals surface area contributed by atoms with Crippen molar-refractivity contribution in [3.8, 4) is 5.75 Å². The van der Waals surface area contributed by atoms with Crippen LogP contribution in [0.25, 0.3) is 0 Å². The molecule has 0 fully saturated rings. The highest BCUT2D eigenvalue weighted by Crippen LogP contribution is 2.30. The molecule has 0 aliphatic carbocycles. The van der Waals surface area contributed by atoms with Gasteiger partial charge in [0.1, 0.15) is 10.6 Å². The number of methoxy groups -OCH3 is 1. The lowest BCUT2D eigenvalue weighted by Gasteiger charge is -2.21. The number of benzene rings is 3. The summed E-state index contributed by atoms with van der Waals surface area (Å²) in [5.41, 5.74) is 2.84. The first kappa shape index (κ1) is 19.6. The van der Waals surface area contributed by atoms with Crippen LogP contribution in [0.1, 0.15) is 22.7 Å². The second-order valence-electron chi connectivity index (χ2n) is 6.17. The third kappa shape index (κ3) is 4.58. The Hall–Kier alpha value is -2.15. The summed E-state index contributed by atoms with van der Waals surface area (Å²) in [4.78, 5) is 0.0902. The summed E-state index contributed by atoms with van der Waals surface area (Å²) in [6.45, 7) is 2.00. The van der Waals surface area contributed by atoms with E-state index in [4.69, 9.17) is 4.74 Å². The average Bonchev–Trinajstić information content (AvgIpc) is 2.67. The van der Waals surface area contributed by atoms with Crippen LogP contribution in [0.2, 0.25) is 0 Å². The van der Waals surface area contributed by atoms with Gasteiger partial charge in [-0.2, -0.15) is 4.72 Å². The van der Waals surface area contributed by atoms with E-state index in [1.54, 1.807) is 18.2 Å². The molecule has 6 heteroatoms. The van der Waals surface area contributed by atoms with Crippen molar-refractivity contribution >= 4 is 26.0 Å². The van der Waals surface area contributed by atoms with E-state index in [-0.39, 0.29) is 4.90 Å². The van der Waals surface area contributed by atoms with E-state index in [1.165, 1.54) is 7.11 Å². The van der Waals surface area contributed by atoms with E-state index < -0.39 is 16.1 Å². The summed E-state index contributed by atoms with van der Waals surface area (Å²) in [6.07, 6.45) is 0. The lowest BCUT2D eigenvalue weighted by molar-refractivity contribution is 0.402. The highest BCUT2D eigenvalue weighted by molar-refractivity contribution is 9.10. The zero-order valence-electron chi connectivity index (χ0n) is 15.0. The quantitative estimate of drug-likeness (QED) is 0.590. The van der Waals surface area contributed by atoms with E-state index in [0.29, 0.717) is 10.2 Å². The van der Waals surface area contributed by atoms with Crippen LogP contribution < -0.4 is 9.46 Å². The van der Waals surface area contributed by atoms with Gasteiger partial charge in [0.2, 0.25) is 10.0 Å². The Balaban J connectivity index is 2.06. The van der Waals surface area contributed by atoms with Gasteiger partial charge in [0.05, 0.1) is 13.2 Å². The van der Waals surface area contributed by atoms with Crippen molar-refractivity contribution in [2.24, 2.45) is 0 Å². The molecule has 0 spiro atoms. The SMILES string of the molecule is COc1ccc(Br)cc1S(=O)(=O)NC(c1ccccc1)c1ccc(C)cc1. The number of sulfonamides is 1. The first-order chi connectivity index (χ1) is 12.9. The van der Waals surface area contributed by atoms with Gasteiger partial charge in [0.15, 0.2) is 0 Å². The van der Waals surface area contributed by atoms with E-state index in [1.807, 2.05) is 61.5 Å². The minimum absolute atomic E-state index is 0.0902. The molecule has 1 N–H and O–H groups in total. The molecule has 0 heterocycles. The van der Waals surface area contributed by atoms with Crippen molar-refractivity contribution in [1.29, 1.82) is 0 Å². The highest BCUT2D eigenvalue weighted by atomic mass is 79.9. The Bertz CT molecular complexity index is 1020. The molecule has 140 valence electrons. The van der Waals surface area contributed by atoms with Crippen molar-refractivity contribution in [3.05, 3.63) is 94.0 Å². The van der Waals surface area contributed by atoms with Gasteiger partial charge in [-0.1, -0.05) is 76.1 Å². The number of halogens is 1. The maximum atomic E-state index is 13.2. The standard InChI is InChI=1S/C21H20BrNO3S/c1-15-8-10-17(11-9-15)21(16-6-4-3-5-7-16)23-27(24,25)20-14-18(22)12-13-19(20)26-2/h3-14,21,23H,1-2H3. The summed E-state index contributed by atoms with van der Waals surface area (Å²) in [7, 11) is -2.38. The predicted octanol–water partition coefficient (Wildman–Crippen LogP) is 4.83. The van der Waals surface area contributed by atoms with Gasteiger partial charge in [-0.05, 0) is 36.2 Å². The molecule has 0 aliphatic rings. The lowest BCUT2D eigenvalue weighted by atomic mass is 9.99. The maximum absolute atomic E-state index is 13.2. The third-order valence-electron chi connectivity index (χ3n) is 4.23. The Morgan fingerprint density at radius 1 is 0.926 bits per heavy atom. The summed E-state index contributed by atoms with van der Waals surface area (Å²) < 4.78 is 35.1. The van der Waals surface area contributed by atoms with Crippen LogP contribution >= 0.6 is 15.9 Å². The molecular formula is C21H20BrNO3S. The average molecular weight is 446 g/mol. The van der Waals surface area contributed by atoms with E-state index >= 15 is 0 Å². The number of nitrogens with one attached hydrogen (secondary N) is 1. The van der Waals surface area contributed by atoms with Gasteiger partial charge in [-0.3, -0.25) is 0 Å². The summed E-state index contributed by atoms with van der Waals surface area (Å²) in [5.74, 6) is 0.293. The second kappa shape index (κ2) is 8.25. The Labute approximate surface area is 168 Å². The second-order valence-corrected chi connectivity index (χ2v) is 8.77.